The molecule has 17 heavy (non-hydrogen) atoms. The lowest BCUT2D eigenvalue weighted by atomic mass is 10.2. The van der Waals surface area contributed by atoms with E-state index in [2.05, 4.69) is 17.0 Å². The van der Waals surface area contributed by atoms with Crippen molar-refractivity contribution in [3.63, 3.8) is 0 Å². The third-order valence-electron chi connectivity index (χ3n) is 2.34. The fourth-order valence-corrected chi connectivity index (χ4v) is 1.64. The topological polar surface area (TPSA) is 21.3 Å². The number of ether oxygens (including phenoxy) is 1. The monoisotopic (exact) mass is 261 g/mol. The van der Waals surface area contributed by atoms with E-state index in [1.807, 2.05) is 12.3 Å². The molecule has 0 radical (unpaired) electrons. The maximum atomic E-state index is 12.2. The van der Waals surface area contributed by atoms with E-state index in [4.69, 9.17) is 0 Å². The van der Waals surface area contributed by atoms with Crippen LogP contribution in [0.15, 0.2) is 24.3 Å². The first-order valence-electron chi connectivity index (χ1n) is 5.39. The van der Waals surface area contributed by atoms with Crippen molar-refractivity contribution in [1.29, 1.82) is 0 Å². The van der Waals surface area contributed by atoms with E-state index in [-0.39, 0.29) is 5.75 Å². The van der Waals surface area contributed by atoms with Gasteiger partial charge >= 0.3 is 6.61 Å². The molecule has 0 bridgehead atoms. The van der Waals surface area contributed by atoms with Crippen molar-refractivity contribution >= 4 is 11.8 Å². The van der Waals surface area contributed by atoms with Gasteiger partial charge in [0.25, 0.3) is 0 Å². The molecule has 96 valence electrons. The lowest BCUT2D eigenvalue weighted by molar-refractivity contribution is -0.0504. The Morgan fingerprint density at radius 1 is 1.35 bits per heavy atom. The number of thioether (sulfide) groups is 1. The van der Waals surface area contributed by atoms with Gasteiger partial charge in [-0.05, 0) is 12.3 Å². The maximum absolute atomic E-state index is 12.2. The molecule has 1 atom stereocenters. The molecule has 1 N–H and O–H groups in total. The molecule has 2 nitrogen and oxygen atoms in total. The molecule has 0 aromatic heterocycles. The molecule has 1 aromatic carbocycles. The van der Waals surface area contributed by atoms with Crippen molar-refractivity contribution in [3.05, 3.63) is 29.8 Å². The zero-order valence-electron chi connectivity index (χ0n) is 9.95. The van der Waals surface area contributed by atoms with Crippen LogP contribution in [0.1, 0.15) is 12.5 Å². The van der Waals surface area contributed by atoms with Crippen LogP contribution in [-0.2, 0) is 6.54 Å². The van der Waals surface area contributed by atoms with Crippen LogP contribution in [0.2, 0.25) is 0 Å². The van der Waals surface area contributed by atoms with Gasteiger partial charge in [-0.25, -0.2) is 0 Å². The Kier molecular flexibility index (Phi) is 6.29. The highest BCUT2D eigenvalue weighted by Crippen LogP contribution is 2.20. The summed E-state index contributed by atoms with van der Waals surface area (Å²) < 4.78 is 28.8. The van der Waals surface area contributed by atoms with Crippen LogP contribution in [0.25, 0.3) is 0 Å². The Bertz CT molecular complexity index is 336. The third-order valence-corrected chi connectivity index (χ3v) is 3.31. The molecule has 1 rings (SSSR count). The largest absolute Gasteiger partial charge is 0.434 e. The molecule has 5 heteroatoms. The first-order valence-corrected chi connectivity index (χ1v) is 6.68. The number of hydrogen-bond acceptors (Lipinski definition) is 3. The van der Waals surface area contributed by atoms with E-state index in [0.29, 0.717) is 11.8 Å². The van der Waals surface area contributed by atoms with Crippen LogP contribution in [0.4, 0.5) is 8.78 Å². The van der Waals surface area contributed by atoms with E-state index in [1.165, 1.54) is 0 Å². The second-order valence-corrected chi connectivity index (χ2v) is 4.94. The summed E-state index contributed by atoms with van der Waals surface area (Å²) in [6, 6.07) is 6.84. The van der Waals surface area contributed by atoms with Gasteiger partial charge in [0.05, 0.1) is 0 Å². The minimum absolute atomic E-state index is 0.242. The molecule has 0 aliphatic heterocycles. The zero-order chi connectivity index (χ0) is 12.7. The Hall–Kier alpha value is -0.810. The summed E-state index contributed by atoms with van der Waals surface area (Å²) in [7, 11) is 0. The molecule has 0 fully saturated rings. The Balaban J connectivity index is 2.51. The minimum Gasteiger partial charge on any atom is -0.434 e. The first-order chi connectivity index (χ1) is 8.13. The predicted molar refractivity (Wildman–Crippen MR) is 67.8 cm³/mol. The van der Waals surface area contributed by atoms with Crippen molar-refractivity contribution in [2.75, 3.05) is 12.8 Å². The summed E-state index contributed by atoms with van der Waals surface area (Å²) in [6.45, 7) is 0.707. The molecular weight excluding hydrogens is 244 g/mol. The van der Waals surface area contributed by atoms with E-state index in [0.717, 1.165) is 12.1 Å². The standard InChI is InChI=1S/C12H17F2NOS/c1-9(17-2)7-15-8-10-5-3-4-6-11(10)16-12(13)14/h3-6,9,12,15H,7-8H2,1-2H3. The number of para-hydroxylation sites is 1. The normalized spacial score (nSPS) is 12.8. The Labute approximate surface area is 105 Å². The smallest absolute Gasteiger partial charge is 0.387 e. The van der Waals surface area contributed by atoms with Gasteiger partial charge in [0, 0.05) is 23.9 Å². The molecule has 0 amide bonds. The highest BCUT2D eigenvalue weighted by atomic mass is 32.2. The summed E-state index contributed by atoms with van der Waals surface area (Å²) in [5, 5.41) is 3.72. The molecular formula is C12H17F2NOS. The first kappa shape index (κ1) is 14.3. The van der Waals surface area contributed by atoms with Gasteiger partial charge in [-0.1, -0.05) is 25.1 Å². The minimum atomic E-state index is -2.78. The lowest BCUT2D eigenvalue weighted by Crippen LogP contribution is -2.22. The number of hydrogen-bond donors (Lipinski definition) is 1. The predicted octanol–water partition coefficient (Wildman–Crippen LogP) is 3.13. The van der Waals surface area contributed by atoms with Crippen molar-refractivity contribution in [2.24, 2.45) is 0 Å². The van der Waals surface area contributed by atoms with Crippen molar-refractivity contribution in [2.45, 2.75) is 25.3 Å². The molecule has 0 aliphatic carbocycles. The Morgan fingerprint density at radius 3 is 2.71 bits per heavy atom. The molecule has 0 heterocycles. The van der Waals surface area contributed by atoms with Gasteiger partial charge in [0.2, 0.25) is 0 Å². The molecule has 0 aliphatic rings. The highest BCUT2D eigenvalue weighted by Gasteiger charge is 2.08. The van der Waals surface area contributed by atoms with Crippen molar-refractivity contribution < 1.29 is 13.5 Å². The van der Waals surface area contributed by atoms with E-state index >= 15 is 0 Å². The molecule has 0 saturated heterocycles. The van der Waals surface area contributed by atoms with Crippen LogP contribution in [0.3, 0.4) is 0 Å². The molecule has 1 aromatic rings. The summed E-state index contributed by atoms with van der Waals surface area (Å²) in [4.78, 5) is 0. The van der Waals surface area contributed by atoms with Gasteiger partial charge in [-0.2, -0.15) is 20.5 Å². The summed E-state index contributed by atoms with van der Waals surface area (Å²) in [5.41, 5.74) is 0.751. The number of nitrogens with one attached hydrogen (secondary N) is 1. The average Bonchev–Trinajstić information content (AvgIpc) is 2.30. The van der Waals surface area contributed by atoms with Gasteiger partial charge < -0.3 is 10.1 Å². The van der Waals surface area contributed by atoms with E-state index < -0.39 is 6.61 Å². The van der Waals surface area contributed by atoms with Gasteiger partial charge in [0.1, 0.15) is 5.75 Å². The van der Waals surface area contributed by atoms with Crippen molar-refractivity contribution in [1.82, 2.24) is 5.32 Å². The number of benzene rings is 1. The average molecular weight is 261 g/mol. The van der Waals surface area contributed by atoms with Crippen LogP contribution in [0, 0.1) is 0 Å². The highest BCUT2D eigenvalue weighted by molar-refractivity contribution is 7.99. The second-order valence-electron chi connectivity index (χ2n) is 3.66. The summed E-state index contributed by atoms with van der Waals surface area (Å²) in [6.07, 6.45) is 2.04. The summed E-state index contributed by atoms with van der Waals surface area (Å²) in [5.74, 6) is 0.242. The summed E-state index contributed by atoms with van der Waals surface area (Å²) >= 11 is 1.76. The van der Waals surface area contributed by atoms with Crippen LogP contribution in [0.5, 0.6) is 5.75 Å². The van der Waals surface area contributed by atoms with E-state index in [1.54, 1.807) is 30.0 Å². The SMILES string of the molecule is CSC(C)CNCc1ccccc1OC(F)F. The van der Waals surface area contributed by atoms with Crippen LogP contribution >= 0.6 is 11.8 Å². The van der Waals surface area contributed by atoms with Gasteiger partial charge in [-0.3, -0.25) is 0 Å². The number of halogens is 2. The van der Waals surface area contributed by atoms with Gasteiger partial charge in [0.15, 0.2) is 0 Å². The third kappa shape index (κ3) is 5.37. The van der Waals surface area contributed by atoms with Crippen LogP contribution in [-0.4, -0.2) is 24.7 Å². The quantitative estimate of drug-likeness (QED) is 0.815. The molecule has 0 saturated carbocycles. The van der Waals surface area contributed by atoms with Crippen molar-refractivity contribution in [3.8, 4) is 5.75 Å². The van der Waals surface area contributed by atoms with Gasteiger partial charge in [-0.15, -0.1) is 0 Å². The molecule has 1 unspecified atom stereocenters. The fourth-order valence-electron chi connectivity index (χ4n) is 1.35. The number of rotatable bonds is 7. The Morgan fingerprint density at radius 2 is 2.06 bits per heavy atom. The molecule has 0 spiro atoms. The number of alkyl halides is 2. The second kappa shape index (κ2) is 7.50. The zero-order valence-corrected chi connectivity index (χ0v) is 10.8. The fraction of sp³-hybridized carbons (Fsp3) is 0.500. The maximum Gasteiger partial charge on any atom is 0.387 e. The van der Waals surface area contributed by atoms with E-state index in [9.17, 15) is 8.78 Å². The van der Waals surface area contributed by atoms with Crippen LogP contribution < -0.4 is 10.1 Å². The lowest BCUT2D eigenvalue weighted by Gasteiger charge is -2.13.